The molecule has 2 aromatic carbocycles. The van der Waals surface area contributed by atoms with Crippen molar-refractivity contribution in [2.24, 2.45) is 0 Å². The van der Waals surface area contributed by atoms with Gasteiger partial charge in [-0.2, -0.15) is 0 Å². The maximum atomic E-state index is 13.3. The van der Waals surface area contributed by atoms with Crippen LogP contribution < -0.4 is 9.46 Å². The molecule has 0 aliphatic rings. The summed E-state index contributed by atoms with van der Waals surface area (Å²) in [6.07, 6.45) is -0.589. The summed E-state index contributed by atoms with van der Waals surface area (Å²) in [6.45, 7) is 0.0120. The third-order valence-electron chi connectivity index (χ3n) is 3.31. The molecule has 1 atom stereocenters. The highest BCUT2D eigenvalue weighted by Crippen LogP contribution is 2.24. The average molecular weight is 339 g/mol. The van der Waals surface area contributed by atoms with Crippen molar-refractivity contribution in [3.63, 3.8) is 0 Å². The Morgan fingerprint density at radius 2 is 1.91 bits per heavy atom. The number of aliphatic hydroxyl groups is 1. The van der Waals surface area contributed by atoms with Gasteiger partial charge in [-0.05, 0) is 30.2 Å². The summed E-state index contributed by atoms with van der Waals surface area (Å²) in [5.74, 6) is -0.613. The Morgan fingerprint density at radius 1 is 1.22 bits per heavy atom. The van der Waals surface area contributed by atoms with E-state index in [1.54, 1.807) is 24.3 Å². The third kappa shape index (κ3) is 4.51. The van der Waals surface area contributed by atoms with Crippen LogP contribution in [0.3, 0.4) is 0 Å². The number of halogens is 1. The van der Waals surface area contributed by atoms with E-state index in [0.29, 0.717) is 5.56 Å². The number of methoxy groups -OCH3 is 1. The van der Waals surface area contributed by atoms with Crippen LogP contribution in [0, 0.1) is 5.82 Å². The predicted octanol–water partition coefficient (Wildman–Crippen LogP) is 2.24. The molecule has 2 rings (SSSR count). The van der Waals surface area contributed by atoms with Crippen LogP contribution in [-0.4, -0.2) is 27.2 Å². The number of hydrogen-bond acceptors (Lipinski definition) is 4. The van der Waals surface area contributed by atoms with Gasteiger partial charge in [0.15, 0.2) is 0 Å². The third-order valence-corrected chi connectivity index (χ3v) is 4.79. The van der Waals surface area contributed by atoms with Crippen LogP contribution in [0.5, 0.6) is 5.75 Å². The van der Waals surface area contributed by atoms with Crippen molar-refractivity contribution in [1.82, 2.24) is 4.72 Å². The van der Waals surface area contributed by atoms with E-state index < -0.39 is 21.9 Å². The monoisotopic (exact) mass is 339 g/mol. The van der Waals surface area contributed by atoms with E-state index in [9.17, 15) is 17.9 Å². The van der Waals surface area contributed by atoms with Crippen molar-refractivity contribution < 1.29 is 22.7 Å². The Balaban J connectivity index is 2.04. The zero-order valence-electron chi connectivity index (χ0n) is 12.6. The van der Waals surface area contributed by atoms with E-state index in [-0.39, 0.29) is 23.6 Å². The molecule has 0 fully saturated rings. The summed E-state index contributed by atoms with van der Waals surface area (Å²) in [6, 6.07) is 12.2. The highest BCUT2D eigenvalue weighted by Gasteiger charge is 2.20. The van der Waals surface area contributed by atoms with Crippen LogP contribution in [-0.2, 0) is 10.0 Å². The van der Waals surface area contributed by atoms with Gasteiger partial charge in [0.05, 0.1) is 13.2 Å². The van der Waals surface area contributed by atoms with Gasteiger partial charge in [0.25, 0.3) is 0 Å². The molecule has 7 heteroatoms. The molecular weight excluding hydrogens is 321 g/mol. The lowest BCUT2D eigenvalue weighted by Gasteiger charge is -2.13. The van der Waals surface area contributed by atoms with Gasteiger partial charge in [0, 0.05) is 6.54 Å². The topological polar surface area (TPSA) is 75.6 Å². The van der Waals surface area contributed by atoms with Gasteiger partial charge in [-0.25, -0.2) is 17.5 Å². The van der Waals surface area contributed by atoms with Crippen molar-refractivity contribution in [2.75, 3.05) is 13.7 Å². The molecule has 0 aromatic heterocycles. The largest absolute Gasteiger partial charge is 0.495 e. The van der Waals surface area contributed by atoms with Gasteiger partial charge in [-0.1, -0.05) is 30.3 Å². The van der Waals surface area contributed by atoms with Gasteiger partial charge in [0.2, 0.25) is 10.0 Å². The van der Waals surface area contributed by atoms with Gasteiger partial charge in [-0.3, -0.25) is 0 Å². The maximum absolute atomic E-state index is 13.3. The highest BCUT2D eigenvalue weighted by atomic mass is 32.2. The molecule has 124 valence electrons. The number of aliphatic hydroxyl groups excluding tert-OH is 1. The van der Waals surface area contributed by atoms with Crippen LogP contribution in [0.25, 0.3) is 0 Å². The maximum Gasteiger partial charge on any atom is 0.244 e. The number of rotatable bonds is 7. The standard InChI is InChI=1S/C16H18FNO4S/c1-22-15-8-7-13(17)11-16(15)23(20,21)18-10-9-14(19)12-5-3-2-4-6-12/h2-8,11,14,18-19H,9-10H2,1H3. The Bertz CT molecular complexity index is 750. The fourth-order valence-electron chi connectivity index (χ4n) is 2.11. The molecule has 0 amide bonds. The van der Waals surface area contributed by atoms with E-state index >= 15 is 0 Å². The number of ether oxygens (including phenoxy) is 1. The molecule has 0 aliphatic heterocycles. The normalized spacial score (nSPS) is 12.8. The Kier molecular flexibility index (Phi) is 5.70. The highest BCUT2D eigenvalue weighted by molar-refractivity contribution is 7.89. The van der Waals surface area contributed by atoms with Crippen LogP contribution in [0.4, 0.5) is 4.39 Å². The van der Waals surface area contributed by atoms with Crippen LogP contribution in [0.2, 0.25) is 0 Å². The molecule has 1 unspecified atom stereocenters. The van der Waals surface area contributed by atoms with Gasteiger partial charge in [-0.15, -0.1) is 0 Å². The minimum atomic E-state index is -3.93. The number of sulfonamides is 1. The van der Waals surface area contributed by atoms with Crippen LogP contribution in [0.15, 0.2) is 53.4 Å². The SMILES string of the molecule is COc1ccc(F)cc1S(=O)(=O)NCCC(O)c1ccccc1. The molecule has 23 heavy (non-hydrogen) atoms. The summed E-state index contributed by atoms with van der Waals surface area (Å²) in [7, 11) is -2.62. The predicted molar refractivity (Wildman–Crippen MR) is 84.2 cm³/mol. The van der Waals surface area contributed by atoms with Crippen molar-refractivity contribution in [3.8, 4) is 5.75 Å². The van der Waals surface area contributed by atoms with Gasteiger partial charge in [0.1, 0.15) is 16.5 Å². The minimum absolute atomic E-state index is 0.0120. The molecule has 0 aliphatic carbocycles. The first-order valence-electron chi connectivity index (χ1n) is 7.00. The van der Waals surface area contributed by atoms with Crippen LogP contribution in [0.1, 0.15) is 18.1 Å². The lowest BCUT2D eigenvalue weighted by molar-refractivity contribution is 0.169. The van der Waals surface area contributed by atoms with Gasteiger partial charge < -0.3 is 9.84 Å². The molecule has 0 bridgehead atoms. The lowest BCUT2D eigenvalue weighted by Crippen LogP contribution is -2.26. The molecule has 5 nitrogen and oxygen atoms in total. The average Bonchev–Trinajstić information content (AvgIpc) is 2.55. The summed E-state index contributed by atoms with van der Waals surface area (Å²) >= 11 is 0. The molecular formula is C16H18FNO4S. The van der Waals surface area contributed by atoms with E-state index in [4.69, 9.17) is 4.74 Å². The van der Waals surface area contributed by atoms with Crippen molar-refractivity contribution in [2.45, 2.75) is 17.4 Å². The number of nitrogens with one attached hydrogen (secondary N) is 1. The fourth-order valence-corrected chi connectivity index (χ4v) is 3.34. The minimum Gasteiger partial charge on any atom is -0.495 e. The smallest absolute Gasteiger partial charge is 0.244 e. The number of benzene rings is 2. The summed E-state index contributed by atoms with van der Waals surface area (Å²) in [4.78, 5) is -0.269. The second kappa shape index (κ2) is 7.54. The first-order valence-corrected chi connectivity index (χ1v) is 8.48. The summed E-state index contributed by atoms with van der Waals surface area (Å²) < 4.78 is 45.1. The quantitative estimate of drug-likeness (QED) is 0.811. The van der Waals surface area contributed by atoms with Crippen molar-refractivity contribution in [1.29, 1.82) is 0 Å². The lowest BCUT2D eigenvalue weighted by atomic mass is 10.1. The van der Waals surface area contributed by atoms with Crippen molar-refractivity contribution >= 4 is 10.0 Å². The Hall–Kier alpha value is -1.96. The van der Waals surface area contributed by atoms with Gasteiger partial charge >= 0.3 is 0 Å². The summed E-state index contributed by atoms with van der Waals surface area (Å²) in [5, 5.41) is 10.0. The van der Waals surface area contributed by atoms with E-state index in [1.165, 1.54) is 13.2 Å². The fraction of sp³-hybridized carbons (Fsp3) is 0.250. The molecule has 0 heterocycles. The first kappa shape index (κ1) is 17.4. The zero-order chi connectivity index (χ0) is 16.9. The molecule has 0 saturated heterocycles. The van der Waals surface area contributed by atoms with E-state index in [1.807, 2.05) is 6.07 Å². The summed E-state index contributed by atoms with van der Waals surface area (Å²) in [5.41, 5.74) is 0.704. The van der Waals surface area contributed by atoms with E-state index in [0.717, 1.165) is 12.1 Å². The molecule has 0 spiro atoms. The molecule has 0 radical (unpaired) electrons. The number of hydrogen-bond donors (Lipinski definition) is 2. The van der Waals surface area contributed by atoms with E-state index in [2.05, 4.69) is 4.72 Å². The van der Waals surface area contributed by atoms with Crippen molar-refractivity contribution in [3.05, 3.63) is 59.9 Å². The molecule has 0 saturated carbocycles. The van der Waals surface area contributed by atoms with Crippen LogP contribution >= 0.6 is 0 Å². The Labute approximate surface area is 134 Å². The second-order valence-corrected chi connectivity index (χ2v) is 6.64. The molecule has 2 aromatic rings. The zero-order valence-corrected chi connectivity index (χ0v) is 13.4. The second-order valence-electron chi connectivity index (χ2n) is 4.91. The first-order chi connectivity index (χ1) is 10.9. The Morgan fingerprint density at radius 3 is 2.57 bits per heavy atom. The molecule has 2 N–H and O–H groups in total.